The smallest absolute Gasteiger partial charge is 0.254 e. The molecule has 4 aromatic rings. The van der Waals surface area contributed by atoms with Gasteiger partial charge in [-0.15, -0.1) is 0 Å². The molecular weight excluding hydrogens is 568 g/mol. The first-order valence-corrected chi connectivity index (χ1v) is 14.0. The third-order valence-electron chi connectivity index (χ3n) is 8.23. The molecule has 8 rings (SSSR count). The zero-order valence-corrected chi connectivity index (χ0v) is 23.2. The molecule has 0 radical (unpaired) electrons. The summed E-state index contributed by atoms with van der Waals surface area (Å²) in [6.07, 6.45) is 1.53. The van der Waals surface area contributed by atoms with Crippen LogP contribution in [0.4, 0.5) is 0 Å². The maximum Gasteiger partial charge on any atom is 0.254 e. The lowest BCUT2D eigenvalue weighted by Gasteiger charge is -2.45. The molecule has 1 heterocycles. The number of hydrazone groups is 1. The van der Waals surface area contributed by atoms with Gasteiger partial charge in [-0.1, -0.05) is 78.9 Å². The highest BCUT2D eigenvalue weighted by molar-refractivity contribution is 9.10. The molecule has 2 bridgehead atoms. The number of halogens is 1. The van der Waals surface area contributed by atoms with Crippen LogP contribution in [0.2, 0.25) is 0 Å². The Morgan fingerprint density at radius 1 is 0.800 bits per heavy atom. The van der Waals surface area contributed by atoms with Gasteiger partial charge in [-0.3, -0.25) is 9.59 Å². The third-order valence-corrected chi connectivity index (χ3v) is 8.81. The van der Waals surface area contributed by atoms with Crippen LogP contribution in [0, 0.1) is 11.8 Å². The number of methoxy groups -OCH3 is 1. The fourth-order valence-electron chi connectivity index (χ4n) is 6.58. The number of hydrogen-bond donors (Lipinski definition) is 0. The van der Waals surface area contributed by atoms with Crippen LogP contribution in [-0.2, 0) is 16.2 Å². The Balaban J connectivity index is 1.18. The lowest BCUT2D eigenvalue weighted by Crippen LogP contribution is -2.41. The van der Waals surface area contributed by atoms with E-state index in [9.17, 15) is 9.59 Å². The van der Waals surface area contributed by atoms with E-state index in [0.29, 0.717) is 28.1 Å². The van der Waals surface area contributed by atoms with Crippen molar-refractivity contribution in [3.05, 3.63) is 129 Å². The molecule has 6 nitrogen and oxygen atoms in total. The van der Waals surface area contributed by atoms with Crippen LogP contribution in [0.3, 0.4) is 0 Å². The second kappa shape index (κ2) is 9.75. The van der Waals surface area contributed by atoms with Crippen molar-refractivity contribution in [2.75, 3.05) is 7.11 Å². The fourth-order valence-corrected chi connectivity index (χ4v) is 7.16. The molecule has 7 heteroatoms. The summed E-state index contributed by atoms with van der Waals surface area (Å²) in [4.78, 5) is 27.6. The summed E-state index contributed by atoms with van der Waals surface area (Å²) >= 11 is 3.58. The van der Waals surface area contributed by atoms with Gasteiger partial charge in [0, 0.05) is 11.8 Å². The van der Waals surface area contributed by atoms with Crippen LogP contribution in [0.15, 0.2) is 101 Å². The first kappa shape index (κ1) is 24.8. The Bertz CT molecular complexity index is 1570. The maximum atomic E-state index is 13.8. The minimum Gasteiger partial charge on any atom is -0.493 e. The van der Waals surface area contributed by atoms with Gasteiger partial charge in [0.2, 0.25) is 0 Å². The Hall–Kier alpha value is -4.23. The van der Waals surface area contributed by atoms with Crippen molar-refractivity contribution in [3.8, 4) is 11.5 Å². The highest BCUT2D eigenvalue weighted by Gasteiger charge is 2.61. The van der Waals surface area contributed by atoms with Gasteiger partial charge in [-0.05, 0) is 61.4 Å². The van der Waals surface area contributed by atoms with E-state index in [-0.39, 0.29) is 23.7 Å². The van der Waals surface area contributed by atoms with Crippen LogP contribution in [0.25, 0.3) is 0 Å². The summed E-state index contributed by atoms with van der Waals surface area (Å²) in [5.74, 6) is -0.663. The average Bonchev–Trinajstić information content (AvgIpc) is 3.25. The molecule has 40 heavy (non-hydrogen) atoms. The van der Waals surface area contributed by atoms with Gasteiger partial charge in [0.1, 0.15) is 6.61 Å². The SMILES string of the molecule is COc1cc(/C=N\N2C(=O)[C@@H]3C4c5ccccc5C(c5ccccc54)[C@H]3C2=O)cc(Br)c1OCc1ccccc1. The van der Waals surface area contributed by atoms with E-state index >= 15 is 0 Å². The number of carbonyl (C=O) groups is 2. The zero-order chi connectivity index (χ0) is 27.4. The second-order valence-electron chi connectivity index (χ2n) is 10.3. The van der Waals surface area contributed by atoms with E-state index in [1.165, 1.54) is 6.21 Å². The Kier molecular flexibility index (Phi) is 6.04. The summed E-state index contributed by atoms with van der Waals surface area (Å²) in [6.45, 7) is 0.385. The highest BCUT2D eigenvalue weighted by Crippen LogP contribution is 2.61. The number of imide groups is 1. The van der Waals surface area contributed by atoms with Gasteiger partial charge in [0.05, 0.1) is 29.6 Å². The molecule has 4 aliphatic rings. The molecule has 0 saturated carbocycles. The molecule has 4 aromatic carbocycles. The Labute approximate surface area is 240 Å². The predicted octanol–water partition coefficient (Wildman–Crippen LogP) is 6.26. The van der Waals surface area contributed by atoms with E-state index < -0.39 is 11.8 Å². The summed E-state index contributed by atoms with van der Waals surface area (Å²) in [5, 5.41) is 5.51. The summed E-state index contributed by atoms with van der Waals surface area (Å²) in [7, 11) is 1.57. The van der Waals surface area contributed by atoms with E-state index in [1.54, 1.807) is 13.2 Å². The number of nitrogens with zero attached hydrogens (tertiary/aromatic N) is 2. The van der Waals surface area contributed by atoms with Gasteiger partial charge in [-0.25, -0.2) is 0 Å². The molecule has 0 unspecified atom stereocenters. The molecular formula is C33H25BrN2O4. The first-order valence-electron chi connectivity index (χ1n) is 13.2. The van der Waals surface area contributed by atoms with Gasteiger partial charge in [-0.2, -0.15) is 10.1 Å². The standard InChI is InChI=1S/C33H25BrN2O4/c1-39-26-16-20(15-25(34)31(26)40-18-19-9-3-2-4-10-19)17-35-36-32(37)29-27-21-11-5-6-12-22(21)28(30(29)33(36)38)24-14-8-7-13-23(24)27/h2-17,27-30H,18H2,1H3/b35-17-/t27?,28?,29-,30-/m1/s1. The second-order valence-corrected chi connectivity index (χ2v) is 11.2. The van der Waals surface area contributed by atoms with Gasteiger partial charge < -0.3 is 9.47 Å². The summed E-state index contributed by atoms with van der Waals surface area (Å²) in [6, 6.07) is 29.9. The molecule has 2 amide bonds. The van der Waals surface area contributed by atoms with Gasteiger partial charge >= 0.3 is 0 Å². The third kappa shape index (κ3) is 3.79. The molecule has 0 spiro atoms. The number of hydrogen-bond acceptors (Lipinski definition) is 5. The molecule has 198 valence electrons. The van der Waals surface area contributed by atoms with Crippen molar-refractivity contribution >= 4 is 34.0 Å². The van der Waals surface area contributed by atoms with Crippen molar-refractivity contribution in [2.45, 2.75) is 18.4 Å². The number of ether oxygens (including phenoxy) is 2. The first-order chi connectivity index (χ1) is 19.6. The van der Waals surface area contributed by atoms with E-state index in [4.69, 9.17) is 9.47 Å². The maximum absolute atomic E-state index is 13.8. The minimum atomic E-state index is -0.463. The molecule has 0 aromatic heterocycles. The predicted molar refractivity (Wildman–Crippen MR) is 154 cm³/mol. The lowest BCUT2D eigenvalue weighted by molar-refractivity contribution is -0.139. The van der Waals surface area contributed by atoms with Crippen LogP contribution in [0.5, 0.6) is 11.5 Å². The van der Waals surface area contributed by atoms with Crippen molar-refractivity contribution in [1.82, 2.24) is 5.01 Å². The summed E-state index contributed by atoms with van der Waals surface area (Å²) < 4.78 is 12.3. The molecule has 1 saturated heterocycles. The molecule has 3 aliphatic carbocycles. The quantitative estimate of drug-likeness (QED) is 0.196. The Morgan fingerprint density at radius 2 is 1.32 bits per heavy atom. The lowest BCUT2D eigenvalue weighted by atomic mass is 9.55. The topological polar surface area (TPSA) is 68.2 Å². The van der Waals surface area contributed by atoms with E-state index in [1.807, 2.05) is 60.7 Å². The minimum absolute atomic E-state index is 0.158. The van der Waals surface area contributed by atoms with Crippen molar-refractivity contribution in [1.29, 1.82) is 0 Å². The summed E-state index contributed by atoms with van der Waals surface area (Å²) in [5.41, 5.74) is 6.26. The number of amides is 2. The molecule has 2 atom stereocenters. The molecule has 1 aliphatic heterocycles. The fraction of sp³-hybridized carbons (Fsp3) is 0.182. The Morgan fingerprint density at radius 3 is 1.85 bits per heavy atom. The van der Waals surface area contributed by atoms with Crippen molar-refractivity contribution in [3.63, 3.8) is 0 Å². The molecule has 0 N–H and O–H groups in total. The van der Waals surface area contributed by atoms with Crippen molar-refractivity contribution in [2.24, 2.45) is 16.9 Å². The van der Waals surface area contributed by atoms with Crippen LogP contribution >= 0.6 is 15.9 Å². The van der Waals surface area contributed by atoms with Crippen LogP contribution in [0.1, 0.15) is 45.2 Å². The van der Waals surface area contributed by atoms with Crippen molar-refractivity contribution < 1.29 is 19.1 Å². The number of rotatable bonds is 6. The number of carbonyl (C=O) groups excluding carboxylic acids is 2. The zero-order valence-electron chi connectivity index (χ0n) is 21.7. The number of benzene rings is 4. The van der Waals surface area contributed by atoms with Gasteiger partial charge in [0.25, 0.3) is 11.8 Å². The largest absolute Gasteiger partial charge is 0.493 e. The van der Waals surface area contributed by atoms with Crippen LogP contribution in [-0.4, -0.2) is 30.1 Å². The molecule has 1 fully saturated rings. The average molecular weight is 593 g/mol. The van der Waals surface area contributed by atoms with Gasteiger partial charge in [0.15, 0.2) is 11.5 Å². The highest BCUT2D eigenvalue weighted by atomic mass is 79.9. The van der Waals surface area contributed by atoms with Crippen LogP contribution < -0.4 is 9.47 Å². The van der Waals surface area contributed by atoms with E-state index in [0.717, 1.165) is 32.8 Å². The van der Waals surface area contributed by atoms with E-state index in [2.05, 4.69) is 45.3 Å². The monoisotopic (exact) mass is 592 g/mol. The normalized spacial score (nSPS) is 22.3.